The average Bonchev–Trinajstić information content (AvgIpc) is 3.42. The van der Waals surface area contributed by atoms with Gasteiger partial charge >= 0.3 is 0 Å². The second kappa shape index (κ2) is 9.48. The van der Waals surface area contributed by atoms with Crippen molar-refractivity contribution in [1.29, 1.82) is 0 Å². The molecule has 2 aliphatic rings. The Morgan fingerprint density at radius 3 is 2.55 bits per heavy atom. The monoisotopic (exact) mass is 432 g/mol. The number of nitrogens with zero attached hydrogens (tertiary/aromatic N) is 4. The first-order chi connectivity index (χ1) is 15.0. The van der Waals surface area contributed by atoms with Gasteiger partial charge in [-0.3, -0.25) is 4.79 Å². The number of likely N-dealkylation sites (tertiary alicyclic amines) is 1. The van der Waals surface area contributed by atoms with Crippen molar-refractivity contribution in [2.75, 3.05) is 40.0 Å². The first-order valence-electron chi connectivity index (χ1n) is 11.1. The molecule has 4 heterocycles. The van der Waals surface area contributed by atoms with E-state index in [0.29, 0.717) is 37.8 Å². The van der Waals surface area contributed by atoms with E-state index in [0.717, 1.165) is 62.4 Å². The highest BCUT2D eigenvalue weighted by atomic mass is 16.5. The fourth-order valence-electron chi connectivity index (χ4n) is 4.65. The third kappa shape index (κ3) is 4.67. The average molecular weight is 433 g/mol. The highest BCUT2D eigenvalue weighted by Crippen LogP contribution is 2.38. The number of aryl methyl sites for hydroxylation is 2. The number of rotatable bonds is 7. The number of hydrogen-bond donors (Lipinski definition) is 0. The van der Waals surface area contributed by atoms with Crippen molar-refractivity contribution >= 4 is 5.91 Å². The van der Waals surface area contributed by atoms with E-state index in [1.807, 2.05) is 18.7 Å². The minimum atomic E-state index is -0.233. The quantitative estimate of drug-likeness (QED) is 0.658. The third-order valence-corrected chi connectivity index (χ3v) is 6.85. The molecule has 0 spiro atoms. The van der Waals surface area contributed by atoms with Crippen LogP contribution in [0.2, 0.25) is 0 Å². The molecule has 170 valence electrons. The van der Waals surface area contributed by atoms with Crippen LogP contribution in [0.25, 0.3) is 0 Å². The molecule has 0 saturated carbocycles. The molecule has 31 heavy (non-hydrogen) atoms. The van der Waals surface area contributed by atoms with Gasteiger partial charge in [0, 0.05) is 56.9 Å². The van der Waals surface area contributed by atoms with E-state index in [9.17, 15) is 4.79 Å². The Bertz CT molecular complexity index is 859. The van der Waals surface area contributed by atoms with Gasteiger partial charge in [-0.25, -0.2) is 0 Å². The van der Waals surface area contributed by atoms with E-state index in [2.05, 4.69) is 10.3 Å². The lowest BCUT2D eigenvalue weighted by atomic mass is 9.75. The minimum Gasteiger partial charge on any atom is -0.385 e. The van der Waals surface area contributed by atoms with Gasteiger partial charge in [0.05, 0.1) is 12.1 Å². The topological polar surface area (TPSA) is 104 Å². The highest BCUT2D eigenvalue weighted by Gasteiger charge is 2.41. The second-order valence-electron chi connectivity index (χ2n) is 8.73. The van der Waals surface area contributed by atoms with Crippen molar-refractivity contribution in [3.63, 3.8) is 0 Å². The number of hydrogen-bond acceptors (Lipinski definition) is 8. The van der Waals surface area contributed by atoms with Crippen LogP contribution in [0.1, 0.15) is 66.8 Å². The van der Waals surface area contributed by atoms with Gasteiger partial charge in [0.15, 0.2) is 5.82 Å². The summed E-state index contributed by atoms with van der Waals surface area (Å²) in [6, 6.07) is 0. The molecule has 0 aromatic carbocycles. The molecule has 0 atom stereocenters. The predicted molar refractivity (Wildman–Crippen MR) is 111 cm³/mol. The van der Waals surface area contributed by atoms with Crippen molar-refractivity contribution in [1.82, 2.24) is 20.2 Å². The van der Waals surface area contributed by atoms with Crippen molar-refractivity contribution in [3.05, 3.63) is 28.7 Å². The third-order valence-electron chi connectivity index (χ3n) is 6.85. The van der Waals surface area contributed by atoms with Crippen LogP contribution in [-0.2, 0) is 26.1 Å². The molecule has 0 radical (unpaired) electrons. The molecule has 2 saturated heterocycles. The highest BCUT2D eigenvalue weighted by molar-refractivity contribution is 5.79. The van der Waals surface area contributed by atoms with Gasteiger partial charge in [0.2, 0.25) is 11.8 Å². The zero-order chi connectivity index (χ0) is 21.8. The zero-order valence-corrected chi connectivity index (χ0v) is 18.7. The van der Waals surface area contributed by atoms with E-state index < -0.39 is 0 Å². The number of methoxy groups -OCH3 is 1. The van der Waals surface area contributed by atoms with Crippen LogP contribution < -0.4 is 0 Å². The van der Waals surface area contributed by atoms with E-state index in [-0.39, 0.29) is 17.2 Å². The number of carbonyl (C=O) groups is 1. The van der Waals surface area contributed by atoms with Crippen LogP contribution in [0.4, 0.5) is 0 Å². The van der Waals surface area contributed by atoms with Gasteiger partial charge in [-0.05, 0) is 46.0 Å². The smallest absolute Gasteiger partial charge is 0.229 e. The fourth-order valence-corrected chi connectivity index (χ4v) is 4.65. The fraction of sp³-hybridized carbons (Fsp3) is 0.727. The van der Waals surface area contributed by atoms with Gasteiger partial charge in [-0.15, -0.1) is 0 Å². The lowest BCUT2D eigenvalue weighted by Crippen LogP contribution is -2.46. The second-order valence-corrected chi connectivity index (χ2v) is 8.73. The summed E-state index contributed by atoms with van der Waals surface area (Å²) in [5.41, 5.74) is 1.44. The molecule has 0 bridgehead atoms. The van der Waals surface area contributed by atoms with Crippen molar-refractivity contribution in [2.45, 2.75) is 63.7 Å². The maximum absolute atomic E-state index is 12.9. The SMILES string of the molecule is COCCC1(c2noc(C3CCOCC3)n2)CCN(C(=O)Cc2c(C)noc2C)CC1. The summed E-state index contributed by atoms with van der Waals surface area (Å²) in [7, 11) is 1.71. The van der Waals surface area contributed by atoms with E-state index in [1.54, 1.807) is 7.11 Å². The molecule has 2 aromatic heterocycles. The molecule has 9 nitrogen and oxygen atoms in total. The summed E-state index contributed by atoms with van der Waals surface area (Å²) in [5.74, 6) is 2.55. The Labute approximate surface area is 182 Å². The predicted octanol–water partition coefficient (Wildman–Crippen LogP) is 2.71. The Morgan fingerprint density at radius 2 is 1.90 bits per heavy atom. The molecule has 2 aliphatic heterocycles. The van der Waals surface area contributed by atoms with Crippen LogP contribution in [0.15, 0.2) is 9.05 Å². The maximum atomic E-state index is 12.9. The molecule has 4 rings (SSSR count). The van der Waals surface area contributed by atoms with Gasteiger partial charge in [-0.2, -0.15) is 4.98 Å². The number of aromatic nitrogens is 3. The lowest BCUT2D eigenvalue weighted by Gasteiger charge is -2.40. The molecule has 1 amide bonds. The molecule has 0 N–H and O–H groups in total. The molecule has 2 aromatic rings. The Balaban J connectivity index is 1.44. The van der Waals surface area contributed by atoms with Crippen molar-refractivity contribution in [2.24, 2.45) is 0 Å². The van der Waals surface area contributed by atoms with Crippen LogP contribution in [0.5, 0.6) is 0 Å². The number of piperidine rings is 1. The minimum absolute atomic E-state index is 0.103. The summed E-state index contributed by atoms with van der Waals surface area (Å²) in [5, 5.41) is 8.34. The van der Waals surface area contributed by atoms with Crippen molar-refractivity contribution in [3.8, 4) is 0 Å². The summed E-state index contributed by atoms with van der Waals surface area (Å²) in [4.78, 5) is 19.7. The van der Waals surface area contributed by atoms with Crippen molar-refractivity contribution < 1.29 is 23.3 Å². The summed E-state index contributed by atoms with van der Waals surface area (Å²) >= 11 is 0. The molecular weight excluding hydrogens is 400 g/mol. The normalized spacial score (nSPS) is 19.6. The van der Waals surface area contributed by atoms with Gasteiger partial charge in [-0.1, -0.05) is 10.3 Å². The summed E-state index contributed by atoms with van der Waals surface area (Å²) in [6.45, 7) is 7.13. The van der Waals surface area contributed by atoms with Crippen LogP contribution >= 0.6 is 0 Å². The first-order valence-corrected chi connectivity index (χ1v) is 11.1. The lowest BCUT2D eigenvalue weighted by molar-refractivity contribution is -0.132. The Kier molecular flexibility index (Phi) is 6.71. The molecule has 0 unspecified atom stereocenters. The zero-order valence-electron chi connectivity index (χ0n) is 18.7. The molecule has 2 fully saturated rings. The maximum Gasteiger partial charge on any atom is 0.229 e. The number of carbonyl (C=O) groups excluding carboxylic acids is 1. The van der Waals surface area contributed by atoms with Gasteiger partial charge < -0.3 is 23.4 Å². The van der Waals surface area contributed by atoms with Crippen LogP contribution in [0.3, 0.4) is 0 Å². The Hall–Kier alpha value is -2.26. The molecule has 9 heteroatoms. The largest absolute Gasteiger partial charge is 0.385 e. The van der Waals surface area contributed by atoms with Gasteiger partial charge in [0.1, 0.15) is 5.76 Å². The van der Waals surface area contributed by atoms with Crippen LogP contribution in [0, 0.1) is 13.8 Å². The number of amides is 1. The molecule has 0 aliphatic carbocycles. The number of ether oxygens (including phenoxy) is 2. The first kappa shape index (κ1) is 22.0. The van der Waals surface area contributed by atoms with Gasteiger partial charge in [0.25, 0.3) is 0 Å². The van der Waals surface area contributed by atoms with E-state index in [4.69, 9.17) is 23.5 Å². The van der Waals surface area contributed by atoms with E-state index >= 15 is 0 Å². The Morgan fingerprint density at radius 1 is 1.16 bits per heavy atom. The summed E-state index contributed by atoms with van der Waals surface area (Å²) in [6.07, 6.45) is 4.53. The standard InChI is InChI=1S/C22H32N4O5/c1-15-18(16(2)30-24-15)14-19(27)26-9-6-22(7-10-26,8-13-28-3)21-23-20(31-25-21)17-4-11-29-12-5-17/h17H,4-14H2,1-3H3. The molecular formula is C22H32N4O5. The summed E-state index contributed by atoms with van der Waals surface area (Å²) < 4.78 is 21.7. The van der Waals surface area contributed by atoms with Crippen LogP contribution in [-0.4, -0.2) is 66.1 Å². The van der Waals surface area contributed by atoms with E-state index in [1.165, 1.54) is 0 Å².